The first-order valence-corrected chi connectivity index (χ1v) is 6.75. The molecule has 108 valence electrons. The van der Waals surface area contributed by atoms with Crippen LogP contribution in [0.2, 0.25) is 5.28 Å². The number of hydrogen-bond donors (Lipinski definition) is 0. The van der Waals surface area contributed by atoms with Crippen LogP contribution in [0.4, 0.5) is 5.82 Å². The van der Waals surface area contributed by atoms with Crippen LogP contribution in [-0.4, -0.2) is 53.9 Å². The highest BCUT2D eigenvalue weighted by atomic mass is 35.5. The summed E-state index contributed by atoms with van der Waals surface area (Å²) in [7, 11) is 0. The van der Waals surface area contributed by atoms with Gasteiger partial charge < -0.3 is 9.64 Å². The van der Waals surface area contributed by atoms with Crippen LogP contribution in [0.3, 0.4) is 0 Å². The van der Waals surface area contributed by atoms with Gasteiger partial charge in [-0.1, -0.05) is 0 Å². The minimum absolute atomic E-state index is 0.145. The summed E-state index contributed by atoms with van der Waals surface area (Å²) < 4.78 is 5.33. The molecule has 2 aromatic heterocycles. The zero-order valence-corrected chi connectivity index (χ0v) is 11.9. The van der Waals surface area contributed by atoms with E-state index in [2.05, 4.69) is 26.7 Å². The van der Waals surface area contributed by atoms with Crippen molar-refractivity contribution in [3.63, 3.8) is 0 Å². The fourth-order valence-corrected chi connectivity index (χ4v) is 2.34. The molecule has 0 N–H and O–H groups in total. The van der Waals surface area contributed by atoms with Gasteiger partial charge in [-0.2, -0.15) is 4.98 Å². The summed E-state index contributed by atoms with van der Waals surface area (Å²) in [6.45, 7) is 5.80. The van der Waals surface area contributed by atoms with Gasteiger partial charge in [0.1, 0.15) is 11.2 Å². The molecule has 0 aliphatic carbocycles. The number of morpholine rings is 1. The van der Waals surface area contributed by atoms with Crippen molar-refractivity contribution >= 4 is 41.1 Å². The number of fused-ring (bicyclic) bond motifs is 1. The predicted octanol–water partition coefficient (Wildman–Crippen LogP) is 1.36. The van der Waals surface area contributed by atoms with Crippen molar-refractivity contribution < 1.29 is 9.53 Å². The molecule has 0 radical (unpaired) electrons. The Morgan fingerprint density at radius 1 is 1.29 bits per heavy atom. The van der Waals surface area contributed by atoms with Crippen molar-refractivity contribution in [1.82, 2.24) is 15.0 Å². The molecule has 3 rings (SSSR count). The molecule has 2 aromatic rings. The maximum absolute atomic E-state index is 11.6. The van der Waals surface area contributed by atoms with Gasteiger partial charge in [-0.15, -0.1) is 0 Å². The molecule has 0 atom stereocenters. The van der Waals surface area contributed by atoms with Gasteiger partial charge in [-0.3, -0.25) is 4.79 Å². The number of ether oxygens (including phenoxy) is 1. The van der Waals surface area contributed by atoms with E-state index in [0.717, 1.165) is 0 Å². The fraction of sp³-hybridized carbons (Fsp3) is 0.308. The van der Waals surface area contributed by atoms with Crippen LogP contribution >= 0.6 is 11.6 Å². The molecule has 21 heavy (non-hydrogen) atoms. The molecule has 0 unspecified atom stereocenters. The lowest BCUT2D eigenvalue weighted by Crippen LogP contribution is -2.37. The molecular formula is C13H12ClN5O2. The van der Waals surface area contributed by atoms with E-state index in [9.17, 15) is 4.79 Å². The van der Waals surface area contributed by atoms with Crippen LogP contribution in [0.1, 0.15) is 10.5 Å². The van der Waals surface area contributed by atoms with Crippen LogP contribution in [0.5, 0.6) is 0 Å². The molecular weight excluding hydrogens is 294 g/mol. The normalized spacial score (nSPS) is 15.2. The third-order valence-corrected chi connectivity index (χ3v) is 3.34. The Morgan fingerprint density at radius 3 is 2.76 bits per heavy atom. The Labute approximate surface area is 125 Å². The van der Waals surface area contributed by atoms with Gasteiger partial charge in [0.05, 0.1) is 18.7 Å². The highest BCUT2D eigenvalue weighted by molar-refractivity contribution is 6.28. The number of aromatic nitrogens is 3. The first-order chi connectivity index (χ1) is 10.2. The Bertz CT molecular complexity index is 715. The second-order valence-corrected chi connectivity index (χ2v) is 4.78. The number of hydrogen-bond acceptors (Lipinski definition) is 6. The van der Waals surface area contributed by atoms with Crippen LogP contribution in [-0.2, 0) is 4.74 Å². The Balaban J connectivity index is 2.15. The lowest BCUT2D eigenvalue weighted by Gasteiger charge is -2.28. The number of rotatable bonds is 2. The zero-order valence-electron chi connectivity index (χ0n) is 11.1. The van der Waals surface area contributed by atoms with Crippen molar-refractivity contribution in [3.8, 4) is 0 Å². The number of carbonyl (C=O) groups is 1. The van der Waals surface area contributed by atoms with E-state index in [1.54, 1.807) is 12.1 Å². The van der Waals surface area contributed by atoms with Crippen molar-refractivity contribution in [2.24, 2.45) is 4.99 Å². The van der Waals surface area contributed by atoms with Gasteiger partial charge in [0.2, 0.25) is 5.28 Å². The van der Waals surface area contributed by atoms with Crippen LogP contribution in [0.25, 0.3) is 11.0 Å². The molecule has 0 aromatic carbocycles. The molecule has 3 heterocycles. The molecule has 1 aliphatic rings. The van der Waals surface area contributed by atoms with Crippen LogP contribution < -0.4 is 4.90 Å². The largest absolute Gasteiger partial charge is 0.378 e. The molecule has 1 aliphatic heterocycles. The number of aliphatic imine (C=N–C) groups is 1. The smallest absolute Gasteiger partial charge is 0.294 e. The maximum atomic E-state index is 11.6. The van der Waals surface area contributed by atoms with E-state index in [4.69, 9.17) is 16.3 Å². The average Bonchev–Trinajstić information content (AvgIpc) is 2.53. The molecule has 8 heteroatoms. The summed E-state index contributed by atoms with van der Waals surface area (Å²) >= 11 is 5.97. The van der Waals surface area contributed by atoms with E-state index in [1.165, 1.54) is 0 Å². The highest BCUT2D eigenvalue weighted by Gasteiger charge is 2.19. The second-order valence-electron chi connectivity index (χ2n) is 4.44. The molecule has 0 bridgehead atoms. The summed E-state index contributed by atoms with van der Waals surface area (Å²) in [5, 5.41) is 0.145. The van der Waals surface area contributed by atoms with E-state index in [-0.39, 0.29) is 11.0 Å². The SMILES string of the molecule is C=NC(=O)c1ccc2nc(Cl)nc(N3CCOCC3)c2n1. The molecule has 1 amide bonds. The number of halogens is 1. The molecule has 0 spiro atoms. The fourth-order valence-electron chi connectivity index (χ4n) is 2.17. The summed E-state index contributed by atoms with van der Waals surface area (Å²) in [5.41, 5.74) is 1.31. The van der Waals surface area contributed by atoms with Gasteiger partial charge in [0.15, 0.2) is 5.82 Å². The van der Waals surface area contributed by atoms with E-state index >= 15 is 0 Å². The standard InChI is InChI=1S/C13H12ClN5O2/c1-15-12(20)9-3-2-8-10(16-9)11(18-13(14)17-8)19-4-6-21-7-5-19/h2-3H,1,4-7H2. The Hall–Kier alpha value is -2.12. The molecule has 0 saturated carbocycles. The lowest BCUT2D eigenvalue weighted by molar-refractivity contribution is 0.0999. The predicted molar refractivity (Wildman–Crippen MR) is 79.3 cm³/mol. The first-order valence-electron chi connectivity index (χ1n) is 6.37. The van der Waals surface area contributed by atoms with Crippen LogP contribution in [0.15, 0.2) is 17.1 Å². The summed E-state index contributed by atoms with van der Waals surface area (Å²) in [5.74, 6) is 0.117. The minimum Gasteiger partial charge on any atom is -0.378 e. The van der Waals surface area contributed by atoms with Gasteiger partial charge >= 0.3 is 0 Å². The number of nitrogens with zero attached hydrogens (tertiary/aromatic N) is 5. The quantitative estimate of drug-likeness (QED) is 0.615. The van der Waals surface area contributed by atoms with Gasteiger partial charge in [-0.05, 0) is 30.5 Å². The second kappa shape index (κ2) is 5.71. The molecule has 1 fully saturated rings. The zero-order chi connectivity index (χ0) is 14.8. The topological polar surface area (TPSA) is 80.6 Å². The number of pyridine rings is 1. The Morgan fingerprint density at radius 2 is 2.05 bits per heavy atom. The Kier molecular flexibility index (Phi) is 3.76. The summed E-state index contributed by atoms with van der Waals surface area (Å²) in [4.78, 5) is 29.7. The highest BCUT2D eigenvalue weighted by Crippen LogP contribution is 2.25. The number of carbonyl (C=O) groups excluding carboxylic acids is 1. The maximum Gasteiger partial charge on any atom is 0.294 e. The van der Waals surface area contributed by atoms with Crippen molar-refractivity contribution in [2.45, 2.75) is 0 Å². The van der Waals surface area contributed by atoms with E-state index in [0.29, 0.717) is 43.2 Å². The van der Waals surface area contributed by atoms with Gasteiger partial charge in [0.25, 0.3) is 5.91 Å². The third kappa shape index (κ3) is 2.70. The van der Waals surface area contributed by atoms with E-state index in [1.807, 2.05) is 4.90 Å². The van der Waals surface area contributed by atoms with E-state index < -0.39 is 5.91 Å². The van der Waals surface area contributed by atoms with Gasteiger partial charge in [0, 0.05) is 13.1 Å². The summed E-state index contributed by atoms with van der Waals surface area (Å²) in [6.07, 6.45) is 0. The number of amides is 1. The van der Waals surface area contributed by atoms with Crippen molar-refractivity contribution in [2.75, 3.05) is 31.2 Å². The van der Waals surface area contributed by atoms with Gasteiger partial charge in [-0.25, -0.2) is 15.0 Å². The average molecular weight is 306 g/mol. The third-order valence-electron chi connectivity index (χ3n) is 3.17. The molecule has 7 nitrogen and oxygen atoms in total. The first kappa shape index (κ1) is 13.8. The summed E-state index contributed by atoms with van der Waals surface area (Å²) in [6, 6.07) is 3.23. The minimum atomic E-state index is -0.486. The monoisotopic (exact) mass is 305 g/mol. The lowest BCUT2D eigenvalue weighted by atomic mass is 10.2. The van der Waals surface area contributed by atoms with Crippen molar-refractivity contribution in [3.05, 3.63) is 23.1 Å². The number of anilines is 1. The molecule has 1 saturated heterocycles. The van der Waals surface area contributed by atoms with Crippen LogP contribution in [0, 0.1) is 0 Å². The van der Waals surface area contributed by atoms with Crippen molar-refractivity contribution in [1.29, 1.82) is 0 Å².